The first kappa shape index (κ1) is 23.3. The lowest BCUT2D eigenvalue weighted by molar-refractivity contribution is -0.122. The van der Waals surface area contributed by atoms with E-state index in [0.29, 0.717) is 17.4 Å². The fourth-order valence-corrected chi connectivity index (χ4v) is 4.19. The molecule has 0 spiro atoms. The highest BCUT2D eigenvalue weighted by Crippen LogP contribution is 2.25. The molecule has 3 aromatic rings. The summed E-state index contributed by atoms with van der Waals surface area (Å²) < 4.78 is 6.95. The molecule has 2 aromatic heterocycles. The summed E-state index contributed by atoms with van der Waals surface area (Å²) >= 11 is 12.6. The summed E-state index contributed by atoms with van der Waals surface area (Å²) in [5.74, 6) is 0.470. The number of aromatic nitrogens is 3. The summed E-state index contributed by atoms with van der Waals surface area (Å²) in [6.45, 7) is 1.41. The number of aryl methyl sites for hydroxylation is 1. The first-order valence-corrected chi connectivity index (χ1v) is 11.5. The SMILES string of the molecule is CNC(=O)COc1cc2cc(Cc3nc(N4CCC(Cl)CC4)ncc3Cl)ccc2n(C)c1=O. The molecule has 0 atom stereocenters. The van der Waals surface area contributed by atoms with E-state index < -0.39 is 0 Å². The molecule has 8 nitrogen and oxygen atoms in total. The molecule has 1 aliphatic heterocycles. The summed E-state index contributed by atoms with van der Waals surface area (Å²) in [6, 6.07) is 7.46. The second-order valence-corrected chi connectivity index (χ2v) is 9.06. The van der Waals surface area contributed by atoms with Gasteiger partial charge in [-0.1, -0.05) is 17.7 Å². The Kier molecular flexibility index (Phi) is 7.05. The quantitative estimate of drug-likeness (QED) is 0.535. The first-order valence-electron chi connectivity index (χ1n) is 10.7. The number of hydrogen-bond donors (Lipinski definition) is 1. The lowest BCUT2D eigenvalue weighted by atomic mass is 10.1. The van der Waals surface area contributed by atoms with Gasteiger partial charge in [0.15, 0.2) is 12.4 Å². The third kappa shape index (κ3) is 5.23. The number of benzene rings is 1. The van der Waals surface area contributed by atoms with E-state index in [1.165, 1.54) is 11.6 Å². The van der Waals surface area contributed by atoms with E-state index in [4.69, 9.17) is 32.9 Å². The van der Waals surface area contributed by atoms with Crippen molar-refractivity contribution in [1.29, 1.82) is 0 Å². The number of likely N-dealkylation sites (N-methyl/N-ethyl adjacent to an activating group) is 1. The van der Waals surface area contributed by atoms with Gasteiger partial charge < -0.3 is 19.5 Å². The summed E-state index contributed by atoms with van der Waals surface area (Å²) in [5, 5.41) is 3.99. The number of halogens is 2. The van der Waals surface area contributed by atoms with E-state index >= 15 is 0 Å². The number of hydrogen-bond acceptors (Lipinski definition) is 6. The smallest absolute Gasteiger partial charge is 0.293 e. The summed E-state index contributed by atoms with van der Waals surface area (Å²) in [6.07, 6.45) is 3.95. The molecule has 1 aliphatic rings. The van der Waals surface area contributed by atoms with Crippen LogP contribution >= 0.6 is 23.2 Å². The third-order valence-corrected chi connectivity index (χ3v) is 6.53. The van der Waals surface area contributed by atoms with E-state index in [1.807, 2.05) is 18.2 Å². The van der Waals surface area contributed by atoms with Crippen LogP contribution in [0.1, 0.15) is 24.1 Å². The Morgan fingerprint density at radius 2 is 2.03 bits per heavy atom. The predicted molar refractivity (Wildman–Crippen MR) is 130 cm³/mol. The molecule has 0 radical (unpaired) electrons. The highest BCUT2D eigenvalue weighted by atomic mass is 35.5. The summed E-state index contributed by atoms with van der Waals surface area (Å²) in [7, 11) is 3.19. The van der Waals surface area contributed by atoms with Crippen LogP contribution in [-0.2, 0) is 18.3 Å². The molecule has 0 bridgehead atoms. The van der Waals surface area contributed by atoms with Crippen molar-refractivity contribution in [3.05, 3.63) is 57.1 Å². The van der Waals surface area contributed by atoms with Crippen molar-refractivity contribution >= 4 is 46.0 Å². The Balaban J connectivity index is 1.61. The topological polar surface area (TPSA) is 89.3 Å². The van der Waals surface area contributed by atoms with Gasteiger partial charge >= 0.3 is 0 Å². The number of ether oxygens (including phenoxy) is 1. The number of anilines is 1. The fraction of sp³-hybridized carbons (Fsp3) is 0.391. The standard InChI is InChI=1S/C23H25Cl2N5O3/c1-26-21(31)13-33-20-11-15-9-14(3-4-19(15)29(2)22(20)32)10-18-17(25)12-27-23(28-18)30-7-5-16(24)6-8-30/h3-4,9,11-12,16H,5-8,10,13H2,1-2H3,(H,26,31). The van der Waals surface area contributed by atoms with Crippen molar-refractivity contribution in [2.24, 2.45) is 7.05 Å². The summed E-state index contributed by atoms with van der Waals surface area (Å²) in [5.41, 5.74) is 2.16. The number of carbonyl (C=O) groups is 1. The highest BCUT2D eigenvalue weighted by Gasteiger charge is 2.20. The molecule has 1 aromatic carbocycles. The monoisotopic (exact) mass is 489 g/mol. The van der Waals surface area contributed by atoms with Crippen molar-refractivity contribution < 1.29 is 9.53 Å². The lowest BCUT2D eigenvalue weighted by Crippen LogP contribution is -2.35. The number of pyridine rings is 1. The zero-order chi connectivity index (χ0) is 23.5. The zero-order valence-electron chi connectivity index (χ0n) is 18.5. The Bertz CT molecular complexity index is 1240. The summed E-state index contributed by atoms with van der Waals surface area (Å²) in [4.78, 5) is 35.3. The Morgan fingerprint density at radius 1 is 1.27 bits per heavy atom. The molecule has 1 N–H and O–H groups in total. The van der Waals surface area contributed by atoms with Crippen LogP contribution in [0.15, 0.2) is 35.3 Å². The van der Waals surface area contributed by atoms with Crippen LogP contribution in [0.3, 0.4) is 0 Å². The Hall–Kier alpha value is -2.84. The molecule has 3 heterocycles. The molecule has 1 amide bonds. The maximum Gasteiger partial charge on any atom is 0.293 e. The van der Waals surface area contributed by atoms with Crippen molar-refractivity contribution in [2.75, 3.05) is 31.6 Å². The average molecular weight is 490 g/mol. The second-order valence-electron chi connectivity index (χ2n) is 8.03. The van der Waals surface area contributed by atoms with Gasteiger partial charge in [-0.3, -0.25) is 9.59 Å². The molecule has 33 heavy (non-hydrogen) atoms. The van der Waals surface area contributed by atoms with Crippen LogP contribution in [0.5, 0.6) is 5.75 Å². The van der Waals surface area contributed by atoms with Gasteiger partial charge in [0.2, 0.25) is 5.95 Å². The van der Waals surface area contributed by atoms with E-state index in [2.05, 4.69) is 15.2 Å². The number of rotatable bonds is 6. The molecule has 0 saturated carbocycles. The molecule has 10 heteroatoms. The molecule has 4 rings (SSSR count). The molecular formula is C23H25Cl2N5O3. The first-order chi connectivity index (χ1) is 15.9. The molecule has 1 fully saturated rings. The number of alkyl halides is 1. The molecule has 1 saturated heterocycles. The van der Waals surface area contributed by atoms with Crippen LogP contribution in [0.25, 0.3) is 10.9 Å². The van der Waals surface area contributed by atoms with Gasteiger partial charge in [0.1, 0.15) is 0 Å². The maximum atomic E-state index is 12.6. The van der Waals surface area contributed by atoms with E-state index in [0.717, 1.165) is 48.1 Å². The van der Waals surface area contributed by atoms with Crippen LogP contribution in [0.4, 0.5) is 5.95 Å². The van der Waals surface area contributed by atoms with Gasteiger partial charge in [0, 0.05) is 44.4 Å². The van der Waals surface area contributed by atoms with Crippen LogP contribution in [0, 0.1) is 0 Å². The fourth-order valence-electron chi connectivity index (χ4n) is 3.84. The van der Waals surface area contributed by atoms with Crippen LogP contribution in [-0.4, -0.2) is 52.6 Å². The van der Waals surface area contributed by atoms with E-state index in [1.54, 1.807) is 19.3 Å². The van der Waals surface area contributed by atoms with Gasteiger partial charge in [0.25, 0.3) is 11.5 Å². The number of fused-ring (bicyclic) bond motifs is 1. The van der Waals surface area contributed by atoms with Crippen molar-refractivity contribution in [3.8, 4) is 5.75 Å². The Morgan fingerprint density at radius 3 is 2.76 bits per heavy atom. The van der Waals surface area contributed by atoms with Crippen molar-refractivity contribution in [2.45, 2.75) is 24.6 Å². The van der Waals surface area contributed by atoms with E-state index in [-0.39, 0.29) is 29.2 Å². The van der Waals surface area contributed by atoms with Crippen LogP contribution < -0.4 is 20.5 Å². The number of nitrogens with zero attached hydrogens (tertiary/aromatic N) is 4. The van der Waals surface area contributed by atoms with E-state index in [9.17, 15) is 9.59 Å². The van der Waals surface area contributed by atoms with Crippen molar-refractivity contribution in [1.82, 2.24) is 19.9 Å². The zero-order valence-corrected chi connectivity index (χ0v) is 20.0. The molecule has 0 aliphatic carbocycles. The Labute approximate surface area is 201 Å². The minimum atomic E-state index is -0.310. The van der Waals surface area contributed by atoms with Gasteiger partial charge in [-0.2, -0.15) is 0 Å². The van der Waals surface area contributed by atoms with Crippen molar-refractivity contribution in [3.63, 3.8) is 0 Å². The number of piperidine rings is 1. The molecule has 0 unspecified atom stereocenters. The number of amides is 1. The predicted octanol–water partition coefficient (Wildman–Crippen LogP) is 2.91. The third-order valence-electron chi connectivity index (χ3n) is 5.78. The highest BCUT2D eigenvalue weighted by molar-refractivity contribution is 6.31. The average Bonchev–Trinajstić information content (AvgIpc) is 2.82. The van der Waals surface area contributed by atoms with Gasteiger partial charge in [0.05, 0.1) is 22.4 Å². The van der Waals surface area contributed by atoms with Gasteiger partial charge in [-0.25, -0.2) is 9.97 Å². The largest absolute Gasteiger partial charge is 0.478 e. The molecular weight excluding hydrogens is 465 g/mol. The minimum Gasteiger partial charge on any atom is -0.478 e. The maximum absolute atomic E-state index is 12.6. The van der Waals surface area contributed by atoms with Crippen LogP contribution in [0.2, 0.25) is 5.02 Å². The normalized spacial score (nSPS) is 14.5. The van der Waals surface area contributed by atoms with Gasteiger partial charge in [-0.15, -0.1) is 11.6 Å². The second kappa shape index (κ2) is 9.97. The number of carbonyl (C=O) groups excluding carboxylic acids is 1. The number of nitrogens with one attached hydrogen (secondary N) is 1. The molecule has 174 valence electrons. The van der Waals surface area contributed by atoms with Gasteiger partial charge in [-0.05, 0) is 36.6 Å². The lowest BCUT2D eigenvalue weighted by Gasteiger charge is -2.29. The minimum absolute atomic E-state index is 0.121.